The third-order valence-corrected chi connectivity index (χ3v) is 6.98. The molecular formula is C27H35N7O7S. The van der Waals surface area contributed by atoms with Gasteiger partial charge < -0.3 is 31.6 Å². The molecule has 2 aromatic heterocycles. The highest BCUT2D eigenvalue weighted by Crippen LogP contribution is 2.17. The van der Waals surface area contributed by atoms with E-state index < -0.39 is 52.0 Å². The normalized spacial score (nSPS) is 13.0. The molecule has 0 aliphatic heterocycles. The number of urea groups is 1. The molecular weight excluding hydrogens is 566 g/mol. The fourth-order valence-electron chi connectivity index (χ4n) is 3.63. The number of rotatable bonds is 11. The van der Waals surface area contributed by atoms with E-state index in [1.807, 2.05) is 6.92 Å². The van der Waals surface area contributed by atoms with Gasteiger partial charge in [-0.1, -0.05) is 25.1 Å². The number of nitrogens with two attached hydrogens (primary N) is 2. The number of sulfonamides is 1. The smallest absolute Gasteiger partial charge is 0.326 e. The molecule has 15 heteroatoms. The predicted octanol–water partition coefficient (Wildman–Crippen LogP) is 1.50. The molecule has 0 aliphatic carbocycles. The molecule has 2 atom stereocenters. The van der Waals surface area contributed by atoms with E-state index >= 15 is 0 Å². The number of nitrogens with one attached hydrogen (secondary N) is 3. The number of pyridine rings is 2. The van der Waals surface area contributed by atoms with Crippen molar-refractivity contribution in [3.8, 4) is 5.75 Å². The van der Waals surface area contributed by atoms with Gasteiger partial charge in [0.2, 0.25) is 10.0 Å². The molecule has 0 radical (unpaired) electrons. The Bertz CT molecular complexity index is 1610. The fraction of sp³-hybridized carbons (Fsp3) is 0.333. The summed E-state index contributed by atoms with van der Waals surface area (Å²) >= 11 is 0. The first kappa shape index (κ1) is 31.9. The predicted molar refractivity (Wildman–Crippen MR) is 158 cm³/mol. The zero-order valence-corrected chi connectivity index (χ0v) is 24.5. The first-order valence-electron chi connectivity index (χ1n) is 12.9. The Labute approximate surface area is 243 Å². The first-order valence-corrected chi connectivity index (χ1v) is 14.4. The number of aromatic nitrogens is 1. The minimum atomic E-state index is -4.13. The number of carbonyl (C=O) groups excluding carboxylic acids is 2. The van der Waals surface area contributed by atoms with Gasteiger partial charge in [-0.2, -0.15) is 4.72 Å². The van der Waals surface area contributed by atoms with E-state index in [0.29, 0.717) is 17.7 Å². The Morgan fingerprint density at radius 1 is 1.05 bits per heavy atom. The summed E-state index contributed by atoms with van der Waals surface area (Å²) < 4.78 is 40.4. The third-order valence-electron chi connectivity index (χ3n) is 5.49. The van der Waals surface area contributed by atoms with Gasteiger partial charge in [0.25, 0.3) is 5.56 Å². The van der Waals surface area contributed by atoms with Crippen molar-refractivity contribution < 1.29 is 27.5 Å². The van der Waals surface area contributed by atoms with E-state index in [1.54, 1.807) is 45.0 Å². The molecule has 1 unspecified atom stereocenters. The fourth-order valence-corrected chi connectivity index (χ4v) is 4.83. The topological polar surface area (TPSA) is 209 Å². The standard InChI is InChI=1S/C27H35N7O7S/c1-5-22(32-25(28)29)40-18-13-11-17-12-14-20(23(35)34(17)16-18)31-26(37)30-15-21(24(36)41-27(2,3)4)33-42(38,39)19-9-7-6-8-10-19/h6-14,16,21-22,33H,5,15H2,1-4H3,(H4,28,29,32)(H2,30,31,37)/t21-,22?/m0/s1. The van der Waals surface area contributed by atoms with Crippen LogP contribution in [-0.4, -0.2) is 55.2 Å². The summed E-state index contributed by atoms with van der Waals surface area (Å²) in [5.41, 5.74) is 9.81. The van der Waals surface area contributed by atoms with Crippen LogP contribution in [0.5, 0.6) is 5.75 Å². The van der Waals surface area contributed by atoms with Crippen molar-refractivity contribution in [2.75, 3.05) is 11.9 Å². The number of hydrogen-bond acceptors (Lipinski definition) is 8. The third kappa shape index (κ3) is 8.94. The molecule has 2 heterocycles. The molecule has 0 spiro atoms. The highest BCUT2D eigenvalue weighted by molar-refractivity contribution is 7.89. The maximum Gasteiger partial charge on any atom is 0.326 e. The van der Waals surface area contributed by atoms with Gasteiger partial charge in [0.1, 0.15) is 23.1 Å². The van der Waals surface area contributed by atoms with Crippen LogP contribution in [-0.2, 0) is 19.6 Å². The van der Waals surface area contributed by atoms with Gasteiger partial charge >= 0.3 is 12.0 Å². The number of esters is 1. The minimum absolute atomic E-state index is 0.0703. The number of hydrogen-bond donors (Lipinski definition) is 5. The van der Waals surface area contributed by atoms with Crippen molar-refractivity contribution in [1.29, 1.82) is 0 Å². The van der Waals surface area contributed by atoms with E-state index in [-0.39, 0.29) is 16.5 Å². The monoisotopic (exact) mass is 601 g/mol. The molecule has 0 fully saturated rings. The quantitative estimate of drug-likeness (QED) is 0.122. The van der Waals surface area contributed by atoms with Crippen LogP contribution in [0, 0.1) is 0 Å². The van der Waals surface area contributed by atoms with Crippen LogP contribution in [0.25, 0.3) is 5.52 Å². The molecule has 0 aliphatic rings. The molecule has 1 aromatic carbocycles. The second kappa shape index (κ2) is 13.4. The van der Waals surface area contributed by atoms with Crippen LogP contribution in [0.15, 0.2) is 75.5 Å². The molecule has 0 saturated heterocycles. The van der Waals surface area contributed by atoms with Gasteiger partial charge in [-0.25, -0.2) is 18.2 Å². The Kier molecular flexibility index (Phi) is 10.1. The zero-order chi connectivity index (χ0) is 31.1. The van der Waals surface area contributed by atoms with Crippen molar-refractivity contribution in [2.24, 2.45) is 16.5 Å². The second-order valence-electron chi connectivity index (χ2n) is 10.1. The molecule has 0 bridgehead atoms. The lowest BCUT2D eigenvalue weighted by Crippen LogP contribution is -2.51. The Balaban J connectivity index is 1.77. The van der Waals surface area contributed by atoms with Crippen LogP contribution in [0.4, 0.5) is 10.5 Å². The number of ether oxygens (including phenoxy) is 2. The highest BCUT2D eigenvalue weighted by Gasteiger charge is 2.30. The van der Waals surface area contributed by atoms with Gasteiger partial charge in [0, 0.05) is 18.5 Å². The average molecular weight is 602 g/mol. The lowest BCUT2D eigenvalue weighted by Gasteiger charge is -2.24. The molecule has 42 heavy (non-hydrogen) atoms. The van der Waals surface area contributed by atoms with Gasteiger partial charge in [-0.15, -0.1) is 0 Å². The van der Waals surface area contributed by atoms with Gasteiger partial charge in [-0.3, -0.25) is 14.0 Å². The van der Waals surface area contributed by atoms with E-state index in [9.17, 15) is 22.8 Å². The average Bonchev–Trinajstić information content (AvgIpc) is 2.91. The molecule has 3 rings (SSSR count). The Morgan fingerprint density at radius 3 is 2.33 bits per heavy atom. The highest BCUT2D eigenvalue weighted by atomic mass is 32.2. The van der Waals surface area contributed by atoms with Crippen LogP contribution >= 0.6 is 0 Å². The largest absolute Gasteiger partial charge is 0.467 e. The van der Waals surface area contributed by atoms with E-state index in [0.717, 1.165) is 0 Å². The van der Waals surface area contributed by atoms with Gasteiger partial charge in [-0.05, 0) is 57.2 Å². The maximum absolute atomic E-state index is 13.1. The molecule has 7 N–H and O–H groups in total. The van der Waals surface area contributed by atoms with Gasteiger partial charge in [0.05, 0.1) is 11.1 Å². The van der Waals surface area contributed by atoms with Crippen molar-refractivity contribution in [3.05, 3.63) is 71.1 Å². The van der Waals surface area contributed by atoms with Crippen LogP contribution in [0.1, 0.15) is 34.1 Å². The second-order valence-corrected chi connectivity index (χ2v) is 11.8. The SMILES string of the molecule is CCC(N=C(N)N)Oc1ccc2ccc(NC(=O)NC[C@H](NS(=O)(=O)c3ccccc3)C(=O)OC(C)(C)C)c(=O)n2c1. The summed E-state index contributed by atoms with van der Waals surface area (Å²) in [7, 11) is -4.13. The molecule has 2 amide bonds. The lowest BCUT2D eigenvalue weighted by molar-refractivity contribution is -0.156. The Hall–Kier alpha value is -4.63. The van der Waals surface area contributed by atoms with Crippen molar-refractivity contribution in [3.63, 3.8) is 0 Å². The van der Waals surface area contributed by atoms with Crippen LogP contribution in [0.2, 0.25) is 0 Å². The zero-order valence-electron chi connectivity index (χ0n) is 23.7. The molecule has 14 nitrogen and oxygen atoms in total. The summed E-state index contributed by atoms with van der Waals surface area (Å²) in [5.74, 6) is -0.722. The number of fused-ring (bicyclic) bond motifs is 1. The summed E-state index contributed by atoms with van der Waals surface area (Å²) in [6.07, 6.45) is 1.24. The number of anilines is 1. The van der Waals surface area contributed by atoms with Crippen LogP contribution < -0.4 is 37.1 Å². The summed E-state index contributed by atoms with van der Waals surface area (Å²) in [5, 5.41) is 4.85. The maximum atomic E-state index is 13.1. The number of amides is 2. The summed E-state index contributed by atoms with van der Waals surface area (Å²) in [6.45, 7) is 6.23. The summed E-state index contributed by atoms with van der Waals surface area (Å²) in [6, 6.07) is 11.4. The Morgan fingerprint density at radius 2 is 1.71 bits per heavy atom. The number of aliphatic imine (C=N–C) groups is 1. The van der Waals surface area contributed by atoms with Crippen molar-refractivity contribution >= 4 is 39.2 Å². The lowest BCUT2D eigenvalue weighted by atomic mass is 10.2. The number of carbonyl (C=O) groups is 2. The molecule has 0 saturated carbocycles. The molecule has 226 valence electrons. The number of benzene rings is 1. The molecule has 3 aromatic rings. The van der Waals surface area contributed by atoms with E-state index in [2.05, 4.69) is 20.3 Å². The van der Waals surface area contributed by atoms with Crippen molar-refractivity contribution in [2.45, 2.75) is 56.9 Å². The van der Waals surface area contributed by atoms with Crippen LogP contribution in [0.3, 0.4) is 0 Å². The minimum Gasteiger partial charge on any atom is -0.467 e. The first-order chi connectivity index (χ1) is 19.7. The number of guanidine groups is 1. The van der Waals surface area contributed by atoms with Crippen molar-refractivity contribution in [1.82, 2.24) is 14.4 Å². The van der Waals surface area contributed by atoms with E-state index in [4.69, 9.17) is 20.9 Å². The number of nitrogens with zero attached hydrogens (tertiary/aromatic N) is 2. The summed E-state index contributed by atoms with van der Waals surface area (Å²) in [4.78, 5) is 42.6. The van der Waals surface area contributed by atoms with Gasteiger partial charge in [0.15, 0.2) is 12.2 Å². The van der Waals surface area contributed by atoms with E-state index in [1.165, 1.54) is 40.9 Å².